The van der Waals surface area contributed by atoms with E-state index in [9.17, 15) is 20.1 Å². The Morgan fingerprint density at radius 2 is 1.90 bits per heavy atom. The summed E-state index contributed by atoms with van der Waals surface area (Å²) < 4.78 is 10.3. The number of aliphatic carboxylic acids is 1. The van der Waals surface area contributed by atoms with Gasteiger partial charge in [-0.15, -0.1) is 0 Å². The molecule has 2 heterocycles. The molecule has 120 valence electrons. The number of hydrogen-bond acceptors (Lipinski definition) is 7. The number of hydrogen-bond donors (Lipinski definition) is 5. The molecule has 2 aliphatic rings. The second-order valence-electron chi connectivity index (χ2n) is 5.26. The summed E-state index contributed by atoms with van der Waals surface area (Å²) in [5, 5.41) is 40.9. The fraction of sp³-hybridized carbons (Fsp3) is 0.769. The molecule has 2 aliphatic heterocycles. The molecule has 8 nitrogen and oxygen atoms in total. The number of unbranched alkanes of at least 4 members (excludes halogenated alkanes) is 1. The highest BCUT2D eigenvalue weighted by Crippen LogP contribution is 2.29. The lowest BCUT2D eigenvalue weighted by Gasteiger charge is -2.39. The maximum Gasteiger partial charge on any atom is 0.335 e. The Morgan fingerprint density at radius 1 is 1.19 bits per heavy atom. The van der Waals surface area contributed by atoms with Gasteiger partial charge < -0.3 is 35.2 Å². The minimum Gasteiger partial charge on any atom is -0.479 e. The molecule has 0 aliphatic carbocycles. The predicted molar refractivity (Wildman–Crippen MR) is 70.0 cm³/mol. The molecule has 0 aromatic carbocycles. The van der Waals surface area contributed by atoms with Gasteiger partial charge in [0.2, 0.25) is 5.88 Å². The summed E-state index contributed by atoms with van der Waals surface area (Å²) in [4.78, 5) is 11.0. The van der Waals surface area contributed by atoms with Crippen LogP contribution in [-0.2, 0) is 14.3 Å². The van der Waals surface area contributed by atoms with E-state index in [4.69, 9.17) is 14.6 Å². The van der Waals surface area contributed by atoms with Gasteiger partial charge in [0, 0.05) is 13.5 Å². The van der Waals surface area contributed by atoms with Crippen LogP contribution in [0.5, 0.6) is 0 Å². The van der Waals surface area contributed by atoms with Crippen molar-refractivity contribution >= 4 is 5.97 Å². The third kappa shape index (κ3) is 3.65. The molecule has 2 rings (SSSR count). The molecule has 21 heavy (non-hydrogen) atoms. The number of aliphatic hydroxyl groups is 3. The predicted octanol–water partition coefficient (Wildman–Crippen LogP) is -1.10. The lowest BCUT2D eigenvalue weighted by molar-refractivity contribution is -0.228. The first-order chi connectivity index (χ1) is 9.95. The van der Waals surface area contributed by atoms with Crippen LogP contribution in [0, 0.1) is 0 Å². The Morgan fingerprint density at radius 3 is 2.48 bits per heavy atom. The molecule has 0 saturated carbocycles. The standard InChI is InChI=1S/C13H21NO7/c1-14-12-7(21-12)5-3-2-4-6-8(15)9(16)10(17)11(20-6)13(18)19/h6,8-11,14-17H,2-5H2,1H3,(H,18,19). The van der Waals surface area contributed by atoms with Crippen LogP contribution in [0.4, 0.5) is 0 Å². The molecule has 5 atom stereocenters. The molecule has 0 amide bonds. The Kier molecular flexibility index (Phi) is 5.04. The maximum absolute atomic E-state index is 11.0. The summed E-state index contributed by atoms with van der Waals surface area (Å²) in [6, 6.07) is 0. The summed E-state index contributed by atoms with van der Waals surface area (Å²) in [5.41, 5.74) is 0. The normalized spacial score (nSPS) is 35.3. The summed E-state index contributed by atoms with van der Waals surface area (Å²) in [7, 11) is 1.77. The number of carbonyl (C=O) groups is 1. The minimum absolute atomic E-state index is 0.400. The summed E-state index contributed by atoms with van der Waals surface area (Å²) in [6.07, 6.45) is -4.12. The van der Waals surface area contributed by atoms with Crippen molar-refractivity contribution in [2.24, 2.45) is 0 Å². The van der Waals surface area contributed by atoms with E-state index in [-0.39, 0.29) is 0 Å². The van der Waals surface area contributed by atoms with Gasteiger partial charge in [-0.25, -0.2) is 4.79 Å². The molecule has 8 heteroatoms. The number of aliphatic hydroxyl groups excluding tert-OH is 3. The molecule has 1 saturated heterocycles. The number of carboxylic acid groups (broad SMARTS) is 1. The van der Waals surface area contributed by atoms with Crippen molar-refractivity contribution < 1.29 is 34.7 Å². The molecular weight excluding hydrogens is 282 g/mol. The Balaban J connectivity index is 1.78. The largest absolute Gasteiger partial charge is 0.479 e. The van der Waals surface area contributed by atoms with Crippen LogP contribution in [0.3, 0.4) is 0 Å². The van der Waals surface area contributed by atoms with Crippen molar-refractivity contribution in [3.05, 3.63) is 11.6 Å². The van der Waals surface area contributed by atoms with E-state index in [0.717, 1.165) is 24.5 Å². The Hall–Kier alpha value is -1.35. The van der Waals surface area contributed by atoms with Crippen LogP contribution in [0.2, 0.25) is 0 Å². The second kappa shape index (κ2) is 6.61. The Labute approximate surface area is 122 Å². The van der Waals surface area contributed by atoms with Gasteiger partial charge in [0.25, 0.3) is 0 Å². The van der Waals surface area contributed by atoms with E-state index in [0.29, 0.717) is 12.8 Å². The summed E-state index contributed by atoms with van der Waals surface area (Å²) in [5.74, 6) is 0.337. The van der Waals surface area contributed by atoms with E-state index < -0.39 is 36.5 Å². The van der Waals surface area contributed by atoms with Crippen molar-refractivity contribution in [3.63, 3.8) is 0 Å². The van der Waals surface area contributed by atoms with Gasteiger partial charge in [0.1, 0.15) is 18.3 Å². The van der Waals surface area contributed by atoms with Gasteiger partial charge in [-0.2, -0.15) is 0 Å². The second-order valence-corrected chi connectivity index (χ2v) is 5.26. The van der Waals surface area contributed by atoms with Crippen LogP contribution in [-0.4, -0.2) is 64.0 Å². The lowest BCUT2D eigenvalue weighted by Crippen LogP contribution is -2.59. The Bertz CT molecular complexity index is 425. The number of carboxylic acids is 1. The number of ether oxygens (including phenoxy) is 2. The van der Waals surface area contributed by atoms with Crippen LogP contribution < -0.4 is 5.32 Å². The highest BCUT2D eigenvalue weighted by molar-refractivity contribution is 5.73. The molecular formula is C13H21NO7. The highest BCUT2D eigenvalue weighted by Gasteiger charge is 2.46. The average Bonchev–Trinajstić information content (AvgIpc) is 3.21. The smallest absolute Gasteiger partial charge is 0.335 e. The number of allylic oxidation sites excluding steroid dienone is 1. The first-order valence-electron chi connectivity index (χ1n) is 6.97. The van der Waals surface area contributed by atoms with Crippen molar-refractivity contribution in [1.82, 2.24) is 5.32 Å². The fourth-order valence-corrected chi connectivity index (χ4v) is 2.48. The van der Waals surface area contributed by atoms with Gasteiger partial charge in [-0.3, -0.25) is 0 Å². The van der Waals surface area contributed by atoms with E-state index >= 15 is 0 Å². The van der Waals surface area contributed by atoms with E-state index in [1.54, 1.807) is 7.05 Å². The zero-order valence-corrected chi connectivity index (χ0v) is 11.7. The SMILES string of the molecule is CNC1=C(CCCCC2OC(C(=O)O)C(O)C(O)C2O)O1. The average molecular weight is 303 g/mol. The third-order valence-electron chi connectivity index (χ3n) is 3.76. The summed E-state index contributed by atoms with van der Waals surface area (Å²) in [6.45, 7) is 0. The van der Waals surface area contributed by atoms with Crippen LogP contribution in [0.1, 0.15) is 25.7 Å². The van der Waals surface area contributed by atoms with Gasteiger partial charge in [-0.1, -0.05) is 6.42 Å². The van der Waals surface area contributed by atoms with E-state index in [2.05, 4.69) is 5.32 Å². The topological polar surface area (TPSA) is 132 Å². The minimum atomic E-state index is -1.63. The van der Waals surface area contributed by atoms with Crippen LogP contribution in [0.15, 0.2) is 11.6 Å². The van der Waals surface area contributed by atoms with Gasteiger partial charge in [0.15, 0.2) is 11.9 Å². The van der Waals surface area contributed by atoms with Crippen molar-refractivity contribution in [2.75, 3.05) is 7.05 Å². The lowest BCUT2D eigenvalue weighted by atomic mass is 9.92. The van der Waals surface area contributed by atoms with Crippen molar-refractivity contribution in [3.8, 4) is 0 Å². The number of nitrogens with one attached hydrogen (secondary N) is 1. The third-order valence-corrected chi connectivity index (χ3v) is 3.76. The molecule has 0 aromatic rings. The first-order valence-corrected chi connectivity index (χ1v) is 6.97. The van der Waals surface area contributed by atoms with Crippen LogP contribution >= 0.6 is 0 Å². The summed E-state index contributed by atoms with van der Waals surface area (Å²) >= 11 is 0. The van der Waals surface area contributed by atoms with Gasteiger partial charge >= 0.3 is 5.97 Å². The molecule has 5 N–H and O–H groups in total. The monoisotopic (exact) mass is 303 g/mol. The highest BCUT2D eigenvalue weighted by atomic mass is 16.6. The first kappa shape index (κ1) is 16.0. The maximum atomic E-state index is 11.0. The van der Waals surface area contributed by atoms with Crippen molar-refractivity contribution in [2.45, 2.75) is 56.2 Å². The van der Waals surface area contributed by atoms with E-state index in [1.807, 2.05) is 0 Å². The van der Waals surface area contributed by atoms with Gasteiger partial charge in [0.05, 0.1) is 6.10 Å². The van der Waals surface area contributed by atoms with Gasteiger partial charge in [-0.05, 0) is 12.8 Å². The molecule has 0 bridgehead atoms. The zero-order valence-electron chi connectivity index (χ0n) is 11.7. The van der Waals surface area contributed by atoms with Crippen LogP contribution in [0.25, 0.3) is 0 Å². The number of rotatable bonds is 7. The fourth-order valence-electron chi connectivity index (χ4n) is 2.48. The molecule has 1 fully saturated rings. The molecule has 0 aromatic heterocycles. The quantitative estimate of drug-likeness (QED) is 0.374. The van der Waals surface area contributed by atoms with E-state index in [1.165, 1.54) is 0 Å². The van der Waals surface area contributed by atoms with Crippen molar-refractivity contribution in [1.29, 1.82) is 0 Å². The molecule has 5 unspecified atom stereocenters. The molecule has 0 spiro atoms. The zero-order chi connectivity index (χ0) is 15.6. The molecule has 0 radical (unpaired) electrons.